The molecule has 68 heavy (non-hydrogen) atoms. The van der Waals surface area contributed by atoms with Gasteiger partial charge in [0.2, 0.25) is 0 Å². The van der Waals surface area contributed by atoms with E-state index in [9.17, 15) is 0 Å². The molecular formula is C66H42N2. The summed E-state index contributed by atoms with van der Waals surface area (Å²) < 4.78 is 0. The van der Waals surface area contributed by atoms with Crippen LogP contribution in [-0.4, -0.2) is 0 Å². The molecule has 316 valence electrons. The average molecular weight is 863 g/mol. The lowest BCUT2D eigenvalue weighted by Gasteiger charge is -2.29. The van der Waals surface area contributed by atoms with Gasteiger partial charge in [0.15, 0.2) is 0 Å². The van der Waals surface area contributed by atoms with E-state index in [1.54, 1.807) is 0 Å². The minimum absolute atomic E-state index is 1.12. The first-order valence-corrected chi connectivity index (χ1v) is 23.5. The number of hydrogen-bond donors (Lipinski definition) is 0. The second kappa shape index (κ2) is 15.3. The van der Waals surface area contributed by atoms with Crippen LogP contribution in [0.5, 0.6) is 0 Å². The molecule has 0 aliphatic heterocycles. The largest absolute Gasteiger partial charge is 0.309 e. The van der Waals surface area contributed by atoms with Gasteiger partial charge in [0.05, 0.1) is 11.4 Å². The summed E-state index contributed by atoms with van der Waals surface area (Å²) in [5.74, 6) is 0. The lowest BCUT2D eigenvalue weighted by molar-refractivity contribution is 1.32. The molecule has 14 aromatic carbocycles. The first-order chi connectivity index (χ1) is 33.8. The Morgan fingerprint density at radius 2 is 0.456 bits per heavy atom. The van der Waals surface area contributed by atoms with Gasteiger partial charge in [0.25, 0.3) is 0 Å². The Kier molecular flexibility index (Phi) is 8.62. The number of anilines is 6. The summed E-state index contributed by atoms with van der Waals surface area (Å²) in [7, 11) is 0. The van der Waals surface area contributed by atoms with Crippen molar-refractivity contribution in [2.24, 2.45) is 0 Å². The van der Waals surface area contributed by atoms with Crippen molar-refractivity contribution in [1.29, 1.82) is 0 Å². The van der Waals surface area contributed by atoms with Crippen molar-refractivity contribution in [3.05, 3.63) is 255 Å². The number of rotatable bonds is 6. The van der Waals surface area contributed by atoms with E-state index in [0.717, 1.165) is 22.7 Å². The molecule has 0 atom stereocenters. The third kappa shape index (κ3) is 5.84. The smallest absolute Gasteiger partial charge is 0.0618 e. The maximum atomic E-state index is 2.47. The van der Waals surface area contributed by atoms with Gasteiger partial charge in [0, 0.05) is 44.3 Å². The predicted molar refractivity (Wildman–Crippen MR) is 293 cm³/mol. The zero-order chi connectivity index (χ0) is 44.7. The van der Waals surface area contributed by atoms with Crippen LogP contribution in [0.15, 0.2) is 255 Å². The molecular weight excluding hydrogens is 821 g/mol. The Bertz CT molecular complexity index is 3940. The monoisotopic (exact) mass is 862 g/mol. The number of nitrogens with zero attached hydrogens (tertiary/aromatic N) is 2. The summed E-state index contributed by atoms with van der Waals surface area (Å²) in [6.07, 6.45) is 0. The molecule has 0 heterocycles. The van der Waals surface area contributed by atoms with Crippen LogP contribution >= 0.6 is 0 Å². The molecule has 0 fully saturated rings. The highest BCUT2D eigenvalue weighted by Gasteiger charge is 2.24. The third-order valence-electron chi connectivity index (χ3n) is 14.2. The van der Waals surface area contributed by atoms with Gasteiger partial charge in [-0.15, -0.1) is 0 Å². The Morgan fingerprint density at radius 3 is 0.809 bits per heavy atom. The van der Waals surface area contributed by atoms with Crippen LogP contribution in [0.4, 0.5) is 34.1 Å². The fourth-order valence-corrected chi connectivity index (χ4v) is 11.4. The zero-order valence-electron chi connectivity index (χ0n) is 37.1. The lowest BCUT2D eigenvalue weighted by Crippen LogP contribution is -2.11. The van der Waals surface area contributed by atoms with E-state index in [1.807, 2.05) is 0 Å². The molecule has 0 saturated carbocycles. The molecule has 0 radical (unpaired) electrons. The van der Waals surface area contributed by atoms with E-state index in [0.29, 0.717) is 0 Å². The molecule has 0 aliphatic rings. The zero-order valence-corrected chi connectivity index (χ0v) is 37.1. The highest BCUT2D eigenvalue weighted by atomic mass is 15.2. The maximum Gasteiger partial charge on any atom is 0.0618 e. The van der Waals surface area contributed by atoms with Crippen molar-refractivity contribution in [3.63, 3.8) is 0 Å². The van der Waals surface area contributed by atoms with Crippen LogP contribution in [-0.2, 0) is 0 Å². The van der Waals surface area contributed by atoms with Crippen LogP contribution in [0.2, 0.25) is 0 Å². The fraction of sp³-hybridized carbons (Fsp3) is 0. The Hall–Kier alpha value is -8.98. The highest BCUT2D eigenvalue weighted by Crippen LogP contribution is 2.50. The first kappa shape index (κ1) is 38.3. The maximum absolute atomic E-state index is 2.47. The standard InChI is InChI=1S/C66H42N2/c1-3-23-47(24-4-1)67(65-51-27-11-7-19-43(51)39-44-20-8-12-28-52(44)65)49-35-37-59-61(41-49)55-31-15-17-33-57(55)64-60-38-36-50(42-62(60)56-32-16-18-34-58(56)63(59)64)68(48-25-5-2-6-26-48)66-53-29-13-9-21-45(53)40-46-22-10-14-30-54(46)66/h1-42H. The van der Waals surface area contributed by atoms with Crippen LogP contribution < -0.4 is 9.80 Å². The summed E-state index contributed by atoms with van der Waals surface area (Å²) in [6.45, 7) is 0. The quantitative estimate of drug-likeness (QED) is 0.121. The van der Waals surface area contributed by atoms with Gasteiger partial charge in [-0.3, -0.25) is 0 Å². The molecule has 2 heteroatoms. The first-order valence-electron chi connectivity index (χ1n) is 23.5. The normalized spacial score (nSPS) is 11.8. The molecule has 0 saturated heterocycles. The van der Waals surface area contributed by atoms with E-state index < -0.39 is 0 Å². The molecule has 0 amide bonds. The van der Waals surface area contributed by atoms with Crippen molar-refractivity contribution in [1.82, 2.24) is 0 Å². The number of fused-ring (bicyclic) bond motifs is 15. The molecule has 0 unspecified atom stereocenters. The van der Waals surface area contributed by atoms with Gasteiger partial charge in [-0.25, -0.2) is 0 Å². The minimum atomic E-state index is 1.12. The molecule has 0 spiro atoms. The topological polar surface area (TPSA) is 6.48 Å². The van der Waals surface area contributed by atoms with Gasteiger partial charge < -0.3 is 9.80 Å². The van der Waals surface area contributed by atoms with E-state index >= 15 is 0 Å². The molecule has 0 bridgehead atoms. The van der Waals surface area contributed by atoms with Gasteiger partial charge in [-0.1, -0.05) is 194 Å². The van der Waals surface area contributed by atoms with E-state index in [-0.39, 0.29) is 0 Å². The lowest BCUT2D eigenvalue weighted by atomic mass is 9.86. The van der Waals surface area contributed by atoms with Gasteiger partial charge in [-0.2, -0.15) is 0 Å². The molecule has 0 aliphatic carbocycles. The summed E-state index contributed by atoms with van der Waals surface area (Å²) in [6, 6.07) is 94.0. The van der Waals surface area contributed by atoms with Crippen LogP contribution in [0.1, 0.15) is 0 Å². The number of para-hydroxylation sites is 2. The van der Waals surface area contributed by atoms with Crippen molar-refractivity contribution >= 4 is 131 Å². The third-order valence-corrected chi connectivity index (χ3v) is 14.2. The van der Waals surface area contributed by atoms with Crippen LogP contribution in [0.3, 0.4) is 0 Å². The van der Waals surface area contributed by atoms with E-state index in [1.165, 1.54) is 108 Å². The average Bonchev–Trinajstić information content (AvgIpc) is 3.41. The highest BCUT2D eigenvalue weighted by molar-refractivity contribution is 6.40. The number of benzene rings is 14. The molecule has 0 N–H and O–H groups in total. The molecule has 14 rings (SSSR count). The van der Waals surface area contributed by atoms with Gasteiger partial charge in [0.1, 0.15) is 0 Å². The summed E-state index contributed by atoms with van der Waals surface area (Å²) in [5.41, 5.74) is 6.83. The van der Waals surface area contributed by atoms with E-state index in [4.69, 9.17) is 0 Å². The second-order valence-corrected chi connectivity index (χ2v) is 18.0. The summed E-state index contributed by atoms with van der Waals surface area (Å²) in [4.78, 5) is 4.95. The van der Waals surface area contributed by atoms with Gasteiger partial charge in [-0.05, 0) is 136 Å². The fourth-order valence-electron chi connectivity index (χ4n) is 11.4. The second-order valence-electron chi connectivity index (χ2n) is 18.0. The van der Waals surface area contributed by atoms with Crippen LogP contribution in [0, 0.1) is 0 Å². The number of hydrogen-bond acceptors (Lipinski definition) is 2. The predicted octanol–water partition coefficient (Wildman–Crippen LogP) is 19.0. The summed E-state index contributed by atoms with van der Waals surface area (Å²) >= 11 is 0. The Balaban J connectivity index is 1.06. The molecule has 2 nitrogen and oxygen atoms in total. The van der Waals surface area contributed by atoms with Crippen molar-refractivity contribution in [2.45, 2.75) is 0 Å². The van der Waals surface area contributed by atoms with Crippen LogP contribution in [0.25, 0.3) is 97.0 Å². The molecule has 14 aromatic rings. The molecule has 0 aromatic heterocycles. The van der Waals surface area contributed by atoms with Crippen molar-refractivity contribution in [3.8, 4) is 0 Å². The van der Waals surface area contributed by atoms with Gasteiger partial charge >= 0.3 is 0 Å². The minimum Gasteiger partial charge on any atom is -0.309 e. The SMILES string of the molecule is c1ccc(N(c2ccc3c(c2)c2ccccc2c2c4ccc(N(c5ccccc5)c5c6ccccc6cc6ccccc56)cc4c4ccccc4c32)c2c3ccccc3cc3ccccc23)cc1. The Morgan fingerprint density at radius 1 is 0.176 bits per heavy atom. The van der Waals surface area contributed by atoms with E-state index in [2.05, 4.69) is 265 Å². The summed E-state index contributed by atoms with van der Waals surface area (Å²) in [5, 5.41) is 22.2. The van der Waals surface area contributed by atoms with Crippen molar-refractivity contribution < 1.29 is 0 Å². The Labute approximate surface area is 393 Å². The van der Waals surface area contributed by atoms with Crippen molar-refractivity contribution in [2.75, 3.05) is 9.80 Å².